The van der Waals surface area contributed by atoms with Crippen molar-refractivity contribution >= 4 is 23.6 Å². The van der Waals surface area contributed by atoms with Gasteiger partial charge in [0.1, 0.15) is 11.2 Å². The van der Waals surface area contributed by atoms with Crippen molar-refractivity contribution in [1.82, 2.24) is 9.08 Å². The molecule has 2 atom stereocenters. The van der Waals surface area contributed by atoms with Gasteiger partial charge in [-0.2, -0.15) is 4.68 Å². The summed E-state index contributed by atoms with van der Waals surface area (Å²) in [5.74, 6) is 5.51. The maximum atomic E-state index is 15.1. The molecule has 10 heteroatoms. The Hall–Kier alpha value is -2.26. The highest BCUT2D eigenvalue weighted by atomic mass is 35.5. The van der Waals surface area contributed by atoms with Crippen LogP contribution in [0.25, 0.3) is 5.52 Å². The van der Waals surface area contributed by atoms with E-state index in [0.29, 0.717) is 28.8 Å². The SMILES string of the molecule is COc1c(N2CC[C@@H]([C@H](C)N)C2)c(F)cn2c(=O)n(N)c(=O)c(C3CC3)c12.Cl. The summed E-state index contributed by atoms with van der Waals surface area (Å²) >= 11 is 0. The van der Waals surface area contributed by atoms with Gasteiger partial charge in [-0.3, -0.25) is 9.20 Å². The van der Waals surface area contributed by atoms with Crippen LogP contribution in [-0.2, 0) is 0 Å². The maximum Gasteiger partial charge on any atom is 0.354 e. The van der Waals surface area contributed by atoms with E-state index in [1.165, 1.54) is 7.11 Å². The molecule has 2 aliphatic rings. The third kappa shape index (κ3) is 3.02. The van der Waals surface area contributed by atoms with Gasteiger partial charge < -0.3 is 21.2 Å². The molecule has 4 rings (SSSR count). The fourth-order valence-electron chi connectivity index (χ4n) is 4.05. The van der Waals surface area contributed by atoms with Gasteiger partial charge in [0.2, 0.25) is 0 Å². The molecule has 2 aromatic rings. The van der Waals surface area contributed by atoms with Gasteiger partial charge in [-0.1, -0.05) is 0 Å². The molecule has 28 heavy (non-hydrogen) atoms. The molecule has 0 bridgehead atoms. The van der Waals surface area contributed by atoms with Gasteiger partial charge in [0, 0.05) is 19.1 Å². The number of fused-ring (bicyclic) bond motifs is 1. The summed E-state index contributed by atoms with van der Waals surface area (Å²) in [5.41, 5.74) is 5.68. The fraction of sp³-hybridized carbons (Fsp3) is 0.556. The molecule has 2 fully saturated rings. The molecule has 0 radical (unpaired) electrons. The average molecular weight is 414 g/mol. The minimum Gasteiger partial charge on any atom is -0.492 e. The van der Waals surface area contributed by atoms with Crippen molar-refractivity contribution in [2.24, 2.45) is 11.7 Å². The summed E-state index contributed by atoms with van der Waals surface area (Å²) in [4.78, 5) is 27.0. The molecule has 0 spiro atoms. The Kier molecular flexibility index (Phi) is 5.33. The van der Waals surface area contributed by atoms with Crippen molar-refractivity contribution in [2.45, 2.75) is 38.1 Å². The number of halogens is 2. The number of nitrogens with zero attached hydrogens (tertiary/aromatic N) is 3. The molecule has 0 aromatic carbocycles. The van der Waals surface area contributed by atoms with Gasteiger partial charge in [0.25, 0.3) is 5.56 Å². The highest BCUT2D eigenvalue weighted by molar-refractivity contribution is 5.85. The Morgan fingerprint density at radius 1 is 1.29 bits per heavy atom. The molecule has 4 N–H and O–H groups in total. The van der Waals surface area contributed by atoms with Crippen molar-refractivity contribution in [3.05, 3.63) is 38.4 Å². The molecule has 0 unspecified atom stereocenters. The largest absolute Gasteiger partial charge is 0.492 e. The zero-order valence-electron chi connectivity index (χ0n) is 15.9. The van der Waals surface area contributed by atoms with Crippen LogP contribution in [0, 0.1) is 11.7 Å². The van der Waals surface area contributed by atoms with Crippen LogP contribution >= 0.6 is 12.4 Å². The third-order valence-electron chi connectivity index (χ3n) is 5.73. The predicted molar refractivity (Wildman–Crippen MR) is 108 cm³/mol. The molecule has 1 aliphatic heterocycles. The van der Waals surface area contributed by atoms with Gasteiger partial charge in [0.05, 0.1) is 18.9 Å². The van der Waals surface area contributed by atoms with Crippen LogP contribution in [0.1, 0.15) is 37.7 Å². The van der Waals surface area contributed by atoms with Crippen LogP contribution in [-0.4, -0.2) is 35.3 Å². The molecular weight excluding hydrogens is 389 g/mol. The van der Waals surface area contributed by atoms with Crippen molar-refractivity contribution in [3.63, 3.8) is 0 Å². The Morgan fingerprint density at radius 2 is 1.96 bits per heavy atom. The number of nitrogens with two attached hydrogens (primary N) is 2. The Morgan fingerprint density at radius 3 is 2.50 bits per heavy atom. The minimum absolute atomic E-state index is 0. The monoisotopic (exact) mass is 413 g/mol. The smallest absolute Gasteiger partial charge is 0.354 e. The average Bonchev–Trinajstić information content (AvgIpc) is 3.35. The number of pyridine rings is 1. The maximum absolute atomic E-state index is 15.1. The molecular formula is C18H25ClFN5O3. The minimum atomic E-state index is -0.793. The normalized spacial score (nSPS) is 20.3. The fourth-order valence-corrected chi connectivity index (χ4v) is 4.05. The molecule has 8 nitrogen and oxygen atoms in total. The lowest BCUT2D eigenvalue weighted by Crippen LogP contribution is -2.44. The second-order valence-electron chi connectivity index (χ2n) is 7.58. The lowest BCUT2D eigenvalue weighted by molar-refractivity contribution is 0.412. The molecule has 1 saturated heterocycles. The Bertz CT molecular complexity index is 1030. The van der Waals surface area contributed by atoms with E-state index < -0.39 is 17.1 Å². The number of nitrogen functional groups attached to an aromatic ring is 1. The highest BCUT2D eigenvalue weighted by Crippen LogP contribution is 2.45. The Labute approximate surface area is 167 Å². The van der Waals surface area contributed by atoms with Gasteiger partial charge in [-0.05, 0) is 38.0 Å². The third-order valence-corrected chi connectivity index (χ3v) is 5.73. The topological polar surface area (TPSA) is 108 Å². The van der Waals surface area contributed by atoms with Gasteiger partial charge in [-0.15, -0.1) is 12.4 Å². The second-order valence-corrected chi connectivity index (χ2v) is 7.58. The summed E-state index contributed by atoms with van der Waals surface area (Å²) in [6.45, 7) is 3.17. The van der Waals surface area contributed by atoms with E-state index in [9.17, 15) is 9.59 Å². The molecule has 0 amide bonds. The lowest BCUT2D eigenvalue weighted by atomic mass is 10.0. The van der Waals surface area contributed by atoms with Crippen LogP contribution < -0.4 is 32.5 Å². The molecule has 1 saturated carbocycles. The first-order valence-corrected chi connectivity index (χ1v) is 9.18. The van der Waals surface area contributed by atoms with Crippen LogP contribution in [0.5, 0.6) is 5.75 Å². The number of anilines is 1. The summed E-state index contributed by atoms with van der Waals surface area (Å²) in [6.07, 6.45) is 3.60. The summed E-state index contributed by atoms with van der Waals surface area (Å²) in [6, 6.07) is -0.00130. The highest BCUT2D eigenvalue weighted by Gasteiger charge is 2.35. The lowest BCUT2D eigenvalue weighted by Gasteiger charge is -2.24. The standard InChI is InChI=1S/C18H24FN5O3.ClH/c1-9(20)11-5-6-22(7-11)14-12(19)8-23-15(16(14)27-2)13(10-3-4-10)17(25)24(21)18(23)26;/h8-11H,3-7,20-21H2,1-2H3;1H/t9-,11+;/m0./s1. The Balaban J connectivity index is 0.00000225. The molecule has 154 valence electrons. The number of methoxy groups -OCH3 is 1. The van der Waals surface area contributed by atoms with Gasteiger partial charge in [-0.25, -0.2) is 9.18 Å². The number of hydrogen-bond donors (Lipinski definition) is 2. The number of aromatic nitrogens is 2. The number of ether oxygens (including phenoxy) is 1. The van der Waals surface area contributed by atoms with Crippen molar-refractivity contribution in [1.29, 1.82) is 0 Å². The van der Waals surface area contributed by atoms with Crippen molar-refractivity contribution in [3.8, 4) is 5.75 Å². The summed E-state index contributed by atoms with van der Waals surface area (Å²) in [7, 11) is 1.42. The van der Waals surface area contributed by atoms with Gasteiger partial charge >= 0.3 is 5.69 Å². The quantitative estimate of drug-likeness (QED) is 0.717. The summed E-state index contributed by atoms with van der Waals surface area (Å²) < 4.78 is 22.3. The van der Waals surface area contributed by atoms with Crippen LogP contribution in [0.2, 0.25) is 0 Å². The zero-order valence-corrected chi connectivity index (χ0v) is 16.7. The van der Waals surface area contributed by atoms with E-state index in [0.717, 1.165) is 29.9 Å². The predicted octanol–water partition coefficient (Wildman–Crippen LogP) is 0.795. The zero-order chi connectivity index (χ0) is 19.5. The first-order valence-electron chi connectivity index (χ1n) is 9.18. The van der Waals surface area contributed by atoms with E-state index in [4.69, 9.17) is 16.3 Å². The van der Waals surface area contributed by atoms with E-state index in [1.54, 1.807) is 0 Å². The van der Waals surface area contributed by atoms with Crippen LogP contribution in [0.4, 0.5) is 10.1 Å². The van der Waals surface area contributed by atoms with E-state index in [2.05, 4.69) is 0 Å². The van der Waals surface area contributed by atoms with Crippen molar-refractivity contribution < 1.29 is 9.13 Å². The number of hydrogen-bond acceptors (Lipinski definition) is 6. The summed E-state index contributed by atoms with van der Waals surface area (Å²) in [5, 5.41) is 0. The second kappa shape index (κ2) is 7.29. The van der Waals surface area contributed by atoms with E-state index in [1.807, 2.05) is 11.8 Å². The van der Waals surface area contributed by atoms with Crippen molar-refractivity contribution in [2.75, 3.05) is 30.9 Å². The van der Waals surface area contributed by atoms with E-state index in [-0.39, 0.29) is 41.7 Å². The van der Waals surface area contributed by atoms with E-state index >= 15 is 4.39 Å². The van der Waals surface area contributed by atoms with Crippen LogP contribution in [0.3, 0.4) is 0 Å². The molecule has 2 aromatic heterocycles. The molecule has 1 aliphatic carbocycles. The van der Waals surface area contributed by atoms with Gasteiger partial charge in [0.15, 0.2) is 11.6 Å². The van der Waals surface area contributed by atoms with Crippen LogP contribution in [0.15, 0.2) is 15.8 Å². The first-order chi connectivity index (χ1) is 12.8. The first kappa shape index (κ1) is 20.5. The number of rotatable bonds is 4. The molecule has 3 heterocycles.